The lowest BCUT2D eigenvalue weighted by Crippen LogP contribution is -2.27. The van der Waals surface area contributed by atoms with Gasteiger partial charge in [0.2, 0.25) is 0 Å². The number of alkyl halides is 1. The highest BCUT2D eigenvalue weighted by atomic mass is 127. The molecule has 0 spiro atoms. The number of rotatable bonds is 9. The average Bonchev–Trinajstić information content (AvgIpc) is 3.63. The number of aromatic nitrogens is 6. The number of ether oxygens (including phenoxy) is 3. The molecule has 0 aliphatic carbocycles. The Morgan fingerprint density at radius 2 is 2.03 bits per heavy atom. The van der Waals surface area contributed by atoms with Gasteiger partial charge >= 0.3 is 11.9 Å². The number of aliphatic imine (C=N–C) groups is 1. The molecular formula is C22H24IN7O8. The van der Waals surface area contributed by atoms with E-state index in [4.69, 9.17) is 14.2 Å². The van der Waals surface area contributed by atoms with Gasteiger partial charge < -0.3 is 29.5 Å². The number of esters is 2. The second kappa shape index (κ2) is 11.9. The Balaban J connectivity index is 1.82. The molecular weight excluding hydrogens is 617 g/mol. The van der Waals surface area contributed by atoms with Gasteiger partial charge in [0.05, 0.1) is 54.2 Å². The fourth-order valence-electron chi connectivity index (χ4n) is 3.59. The van der Waals surface area contributed by atoms with Crippen molar-refractivity contribution in [2.24, 2.45) is 4.99 Å². The highest BCUT2D eigenvalue weighted by molar-refractivity contribution is 14.1. The van der Waals surface area contributed by atoms with Crippen molar-refractivity contribution in [1.29, 1.82) is 0 Å². The van der Waals surface area contributed by atoms with E-state index in [0.717, 1.165) is 6.21 Å². The van der Waals surface area contributed by atoms with E-state index in [1.54, 1.807) is 13.8 Å². The first kappa shape index (κ1) is 27.6. The predicted molar refractivity (Wildman–Crippen MR) is 139 cm³/mol. The van der Waals surface area contributed by atoms with E-state index in [1.807, 2.05) is 22.6 Å². The fourth-order valence-corrected chi connectivity index (χ4v) is 4.34. The molecule has 1 saturated heterocycles. The maximum atomic E-state index is 12.1. The monoisotopic (exact) mass is 641 g/mol. The van der Waals surface area contributed by atoms with Crippen LogP contribution in [0.3, 0.4) is 0 Å². The van der Waals surface area contributed by atoms with Crippen LogP contribution in [-0.4, -0.2) is 98.7 Å². The van der Waals surface area contributed by atoms with Crippen molar-refractivity contribution in [2.75, 3.05) is 19.8 Å². The average molecular weight is 641 g/mol. The van der Waals surface area contributed by atoms with Crippen molar-refractivity contribution >= 4 is 57.7 Å². The number of carbonyl (C=O) groups is 2. The van der Waals surface area contributed by atoms with Crippen LogP contribution in [0, 0.1) is 0 Å². The quantitative estimate of drug-likeness (QED) is 0.0749. The SMILES string of the molecule is CCOC(=O)C(C=Nc1nc(-n2cc(C(=O)OCC)cn2)nc2c1ncn2[C@@H]1O[C@H](CO)[C@@H](I)[C@H]1O)=CO. The number of aliphatic hydroxyl groups excluding tert-OH is 3. The molecule has 202 valence electrons. The van der Waals surface area contributed by atoms with E-state index < -0.39 is 34.3 Å². The van der Waals surface area contributed by atoms with Crippen molar-refractivity contribution in [3.63, 3.8) is 0 Å². The van der Waals surface area contributed by atoms with Gasteiger partial charge in [0.15, 0.2) is 23.2 Å². The summed E-state index contributed by atoms with van der Waals surface area (Å²) in [6.07, 6.45) is 3.09. The van der Waals surface area contributed by atoms with Gasteiger partial charge in [0.25, 0.3) is 5.95 Å². The number of carbonyl (C=O) groups excluding carboxylic acids is 2. The first-order chi connectivity index (χ1) is 18.3. The van der Waals surface area contributed by atoms with E-state index in [2.05, 4.69) is 25.0 Å². The Labute approximate surface area is 228 Å². The summed E-state index contributed by atoms with van der Waals surface area (Å²) in [6.45, 7) is 3.28. The summed E-state index contributed by atoms with van der Waals surface area (Å²) in [7, 11) is 0. The zero-order valence-electron chi connectivity index (χ0n) is 20.2. The maximum absolute atomic E-state index is 12.1. The zero-order chi connectivity index (χ0) is 27.4. The van der Waals surface area contributed by atoms with E-state index in [9.17, 15) is 24.9 Å². The third-order valence-electron chi connectivity index (χ3n) is 5.41. The molecule has 3 aromatic heterocycles. The summed E-state index contributed by atoms with van der Waals surface area (Å²) in [5.74, 6) is -1.42. The Morgan fingerprint density at radius 1 is 1.26 bits per heavy atom. The van der Waals surface area contributed by atoms with E-state index in [-0.39, 0.29) is 53.9 Å². The summed E-state index contributed by atoms with van der Waals surface area (Å²) in [5.41, 5.74) is 0.288. The van der Waals surface area contributed by atoms with Gasteiger partial charge in [-0.25, -0.2) is 24.2 Å². The van der Waals surface area contributed by atoms with Crippen molar-refractivity contribution in [3.8, 4) is 5.95 Å². The predicted octanol–water partition coefficient (Wildman–Crippen LogP) is 0.950. The van der Waals surface area contributed by atoms with Gasteiger partial charge in [-0.1, -0.05) is 22.6 Å². The number of aliphatic hydroxyl groups is 3. The molecule has 4 rings (SSSR count). The van der Waals surface area contributed by atoms with Crippen molar-refractivity contribution in [1.82, 2.24) is 29.3 Å². The van der Waals surface area contributed by atoms with Crippen molar-refractivity contribution in [2.45, 2.75) is 36.2 Å². The highest BCUT2D eigenvalue weighted by Gasteiger charge is 2.43. The van der Waals surface area contributed by atoms with Crippen molar-refractivity contribution in [3.05, 3.63) is 36.1 Å². The molecule has 1 fully saturated rings. The van der Waals surface area contributed by atoms with Gasteiger partial charge in [-0.05, 0) is 13.8 Å². The lowest BCUT2D eigenvalue weighted by atomic mass is 10.2. The van der Waals surface area contributed by atoms with Crippen LogP contribution in [0.1, 0.15) is 30.4 Å². The maximum Gasteiger partial charge on any atom is 0.342 e. The first-order valence-corrected chi connectivity index (χ1v) is 12.7. The molecule has 38 heavy (non-hydrogen) atoms. The minimum absolute atomic E-state index is 0.0159. The Morgan fingerprint density at radius 3 is 2.68 bits per heavy atom. The molecule has 0 amide bonds. The molecule has 0 saturated carbocycles. The molecule has 16 heteroatoms. The molecule has 0 aromatic carbocycles. The van der Waals surface area contributed by atoms with Gasteiger partial charge in [0.1, 0.15) is 11.7 Å². The number of fused-ring (bicyclic) bond motifs is 1. The fraction of sp³-hybridized carbons (Fsp3) is 0.409. The molecule has 0 radical (unpaired) electrons. The lowest BCUT2D eigenvalue weighted by molar-refractivity contribution is -0.137. The normalized spacial score (nSPS) is 21.9. The number of nitrogens with zero attached hydrogens (tertiary/aromatic N) is 7. The molecule has 15 nitrogen and oxygen atoms in total. The van der Waals surface area contributed by atoms with Gasteiger partial charge in [-0.15, -0.1) is 0 Å². The zero-order valence-corrected chi connectivity index (χ0v) is 22.4. The molecule has 4 atom stereocenters. The molecule has 1 aliphatic rings. The third kappa shape index (κ3) is 5.38. The van der Waals surface area contributed by atoms with Crippen LogP contribution in [0.5, 0.6) is 0 Å². The van der Waals surface area contributed by atoms with E-state index >= 15 is 0 Å². The number of hydrogen-bond donors (Lipinski definition) is 3. The third-order valence-corrected chi connectivity index (χ3v) is 6.95. The van der Waals surface area contributed by atoms with Crippen LogP contribution in [-0.2, 0) is 19.0 Å². The lowest BCUT2D eigenvalue weighted by Gasteiger charge is -2.16. The molecule has 1 aliphatic heterocycles. The van der Waals surface area contributed by atoms with Gasteiger partial charge in [0, 0.05) is 12.4 Å². The van der Waals surface area contributed by atoms with Crippen LogP contribution < -0.4 is 0 Å². The van der Waals surface area contributed by atoms with Crippen LogP contribution in [0.15, 0.2) is 35.5 Å². The van der Waals surface area contributed by atoms with Crippen LogP contribution in [0.4, 0.5) is 5.82 Å². The molecule has 3 N–H and O–H groups in total. The second-order valence-electron chi connectivity index (χ2n) is 7.81. The summed E-state index contributed by atoms with van der Waals surface area (Å²) >= 11 is 2.00. The Hall–Kier alpha value is -3.48. The highest BCUT2D eigenvalue weighted by Crippen LogP contribution is 2.36. The molecule has 0 unspecified atom stereocenters. The Bertz CT molecular complexity index is 1390. The molecule has 3 aromatic rings. The summed E-state index contributed by atoms with van der Waals surface area (Å²) in [6, 6.07) is 0. The minimum Gasteiger partial charge on any atom is -0.515 e. The van der Waals surface area contributed by atoms with E-state index in [0.29, 0.717) is 6.26 Å². The summed E-state index contributed by atoms with van der Waals surface area (Å²) in [5, 5.41) is 34.0. The first-order valence-electron chi connectivity index (χ1n) is 11.4. The topological polar surface area (TPSA) is 196 Å². The number of imidazole rings is 1. The van der Waals surface area contributed by atoms with Gasteiger partial charge in [-0.3, -0.25) is 4.57 Å². The van der Waals surface area contributed by atoms with Crippen LogP contribution >= 0.6 is 22.6 Å². The number of halogens is 1. The van der Waals surface area contributed by atoms with Gasteiger partial charge in [-0.2, -0.15) is 15.1 Å². The Kier molecular flexibility index (Phi) is 8.65. The minimum atomic E-state index is -0.997. The standard InChI is InChI=1S/C22H24IN7O8/c1-3-36-20(34)11-6-26-30(7-11)22-27-17(24-5-12(8-31)21(35)37-4-2)15-18(28-22)29(10-25-15)19-16(33)14(23)13(9-32)38-19/h5-8,10,13-14,16,19,31-33H,3-4,9H2,1-2H3/t13-,14-,16-,19-/m1/s1. The smallest absolute Gasteiger partial charge is 0.342 e. The molecule has 0 bridgehead atoms. The largest absolute Gasteiger partial charge is 0.515 e. The summed E-state index contributed by atoms with van der Waals surface area (Å²) in [4.78, 5) is 41.6. The van der Waals surface area contributed by atoms with E-state index in [1.165, 1.54) is 28.0 Å². The van der Waals surface area contributed by atoms with Crippen molar-refractivity contribution < 1.29 is 39.1 Å². The molecule has 4 heterocycles. The number of hydrogen-bond acceptors (Lipinski definition) is 13. The summed E-state index contributed by atoms with van der Waals surface area (Å²) < 4.78 is 18.0. The second-order valence-corrected chi connectivity index (χ2v) is 9.25. The van der Waals surface area contributed by atoms with Crippen LogP contribution in [0.2, 0.25) is 0 Å². The van der Waals surface area contributed by atoms with Crippen LogP contribution in [0.25, 0.3) is 17.1 Å².